The maximum Gasteiger partial charge on any atom is 0.326 e. The van der Waals surface area contributed by atoms with E-state index >= 15 is 0 Å². The molecule has 0 saturated carbocycles. The Bertz CT molecular complexity index is 1300. The highest BCUT2D eigenvalue weighted by molar-refractivity contribution is 8.00. The summed E-state index contributed by atoms with van der Waals surface area (Å²) in [5.41, 5.74) is 0.426. The van der Waals surface area contributed by atoms with Gasteiger partial charge in [-0.05, 0) is 43.3 Å². The van der Waals surface area contributed by atoms with Crippen LogP contribution in [0.15, 0.2) is 56.9 Å². The summed E-state index contributed by atoms with van der Waals surface area (Å²) in [5, 5.41) is 0.196. The van der Waals surface area contributed by atoms with Gasteiger partial charge in [0.25, 0.3) is 0 Å². The normalized spacial score (nSPS) is 21.8. The maximum absolute atomic E-state index is 13.6. The molecule has 3 aromatic rings. The number of carbonyl (C=O) groups excluding carboxylic acids is 3. The average molecular weight is 505 g/mol. The number of ether oxygens (including phenoxy) is 1. The van der Waals surface area contributed by atoms with Crippen molar-refractivity contribution in [3.8, 4) is 0 Å². The molecule has 170 valence electrons. The lowest BCUT2D eigenvalue weighted by Gasteiger charge is -2.28. The molecular formula is C22H17ClN2O6S2. The Morgan fingerprint density at radius 1 is 1.15 bits per heavy atom. The predicted molar refractivity (Wildman–Crippen MR) is 123 cm³/mol. The van der Waals surface area contributed by atoms with Crippen LogP contribution in [-0.4, -0.2) is 34.2 Å². The summed E-state index contributed by atoms with van der Waals surface area (Å²) in [5.74, 6) is -2.21. The molecule has 1 aromatic carbocycles. The van der Waals surface area contributed by atoms with Crippen molar-refractivity contribution in [3.63, 3.8) is 0 Å². The monoisotopic (exact) mass is 504 g/mol. The zero-order valence-electron chi connectivity index (χ0n) is 17.2. The number of benzene rings is 1. The number of halogens is 1. The van der Waals surface area contributed by atoms with Crippen molar-refractivity contribution < 1.29 is 23.5 Å². The van der Waals surface area contributed by atoms with Gasteiger partial charge < -0.3 is 9.15 Å². The summed E-state index contributed by atoms with van der Waals surface area (Å²) in [6.45, 7) is 1.61. The minimum absolute atomic E-state index is 0.190. The Hall–Kier alpha value is -2.82. The highest BCUT2D eigenvalue weighted by Gasteiger charge is 2.57. The third-order valence-corrected chi connectivity index (χ3v) is 8.43. The lowest BCUT2D eigenvalue weighted by Crippen LogP contribution is -2.32. The van der Waals surface area contributed by atoms with Crippen molar-refractivity contribution in [2.75, 3.05) is 11.5 Å². The minimum Gasteiger partial charge on any atom is -0.469 e. The third kappa shape index (κ3) is 3.62. The van der Waals surface area contributed by atoms with Gasteiger partial charge in [0.15, 0.2) is 0 Å². The molecule has 0 aliphatic carbocycles. The number of carbonyl (C=O) groups is 3. The van der Waals surface area contributed by atoms with Crippen LogP contribution in [0.25, 0.3) is 0 Å². The fourth-order valence-corrected chi connectivity index (χ4v) is 7.09. The van der Waals surface area contributed by atoms with Gasteiger partial charge in [-0.1, -0.05) is 34.7 Å². The molecule has 33 heavy (non-hydrogen) atoms. The lowest BCUT2D eigenvalue weighted by atomic mass is 9.87. The standard InChI is InChI=1S/C22H17ClN2O6S2/c1-2-30-14(26)10-24-21-18(33-22(24)29)15(13-4-3-9-31-13)16-17(32-21)20(28)25(19(16)27)12-7-5-11(23)6-8-12/h3-9,15-17H,2,10H2,1H3/t15-,16?,17?/m1/s1. The number of aromatic nitrogens is 1. The molecule has 2 aromatic heterocycles. The van der Waals surface area contributed by atoms with E-state index in [4.69, 9.17) is 20.8 Å². The Morgan fingerprint density at radius 3 is 2.58 bits per heavy atom. The fraction of sp³-hybridized carbons (Fsp3) is 0.273. The first-order valence-corrected chi connectivity index (χ1v) is 12.2. The molecule has 1 fully saturated rings. The molecule has 2 aliphatic heterocycles. The van der Waals surface area contributed by atoms with Gasteiger partial charge in [-0.3, -0.25) is 23.7 Å². The van der Waals surface area contributed by atoms with E-state index in [9.17, 15) is 19.2 Å². The van der Waals surface area contributed by atoms with Gasteiger partial charge in [0.1, 0.15) is 17.6 Å². The van der Waals surface area contributed by atoms with Crippen LogP contribution in [0.3, 0.4) is 0 Å². The number of hydrogen-bond acceptors (Lipinski definition) is 8. The van der Waals surface area contributed by atoms with E-state index in [2.05, 4.69) is 0 Å². The number of anilines is 1. The van der Waals surface area contributed by atoms with Gasteiger partial charge in [-0.15, -0.1) is 0 Å². The van der Waals surface area contributed by atoms with E-state index in [0.29, 0.717) is 26.4 Å². The van der Waals surface area contributed by atoms with Crippen molar-refractivity contribution >= 4 is 58.2 Å². The van der Waals surface area contributed by atoms with Crippen molar-refractivity contribution in [1.82, 2.24) is 4.57 Å². The zero-order chi connectivity index (χ0) is 23.3. The maximum atomic E-state index is 13.6. The van der Waals surface area contributed by atoms with Crippen LogP contribution in [-0.2, 0) is 25.7 Å². The Balaban J connectivity index is 1.61. The first-order valence-electron chi connectivity index (χ1n) is 10.1. The molecule has 0 radical (unpaired) electrons. The molecule has 3 atom stereocenters. The summed E-state index contributed by atoms with van der Waals surface area (Å²) in [7, 11) is 0. The van der Waals surface area contributed by atoms with Gasteiger partial charge in [0.2, 0.25) is 11.8 Å². The molecule has 4 heterocycles. The average Bonchev–Trinajstić information content (AvgIpc) is 3.48. The molecule has 0 N–H and O–H groups in total. The first kappa shape index (κ1) is 22.0. The van der Waals surface area contributed by atoms with E-state index in [0.717, 1.165) is 23.1 Å². The summed E-state index contributed by atoms with van der Waals surface area (Å²) < 4.78 is 12.0. The number of rotatable bonds is 5. The molecule has 0 spiro atoms. The Morgan fingerprint density at radius 2 is 1.91 bits per heavy atom. The van der Waals surface area contributed by atoms with E-state index in [1.807, 2.05) is 0 Å². The number of thiazole rings is 1. The van der Waals surface area contributed by atoms with E-state index in [1.54, 1.807) is 43.3 Å². The van der Waals surface area contributed by atoms with E-state index < -0.39 is 23.1 Å². The van der Waals surface area contributed by atoms with Gasteiger partial charge in [0, 0.05) is 5.02 Å². The Labute approximate surface area is 201 Å². The largest absolute Gasteiger partial charge is 0.469 e. The molecule has 8 nitrogen and oxygen atoms in total. The highest BCUT2D eigenvalue weighted by atomic mass is 35.5. The second kappa shape index (κ2) is 8.51. The number of fused-ring (bicyclic) bond motifs is 2. The van der Waals surface area contributed by atoms with Crippen LogP contribution in [0.2, 0.25) is 5.02 Å². The van der Waals surface area contributed by atoms with Crippen LogP contribution in [0.4, 0.5) is 5.69 Å². The molecule has 2 amide bonds. The second-order valence-electron chi connectivity index (χ2n) is 7.47. The SMILES string of the molecule is CCOC(=O)Cn1c2c(sc1=O)[C@H](c1ccco1)C1C(=O)N(c3ccc(Cl)cc3)C(=O)C1S2. The van der Waals surface area contributed by atoms with Gasteiger partial charge >= 0.3 is 10.8 Å². The van der Waals surface area contributed by atoms with Crippen molar-refractivity contribution in [2.45, 2.75) is 29.7 Å². The molecule has 2 aliphatic rings. The van der Waals surface area contributed by atoms with Crippen LogP contribution in [0.5, 0.6) is 0 Å². The predicted octanol–water partition coefficient (Wildman–Crippen LogP) is 3.52. The smallest absolute Gasteiger partial charge is 0.326 e. The summed E-state index contributed by atoms with van der Waals surface area (Å²) in [4.78, 5) is 53.3. The van der Waals surface area contributed by atoms with Crippen LogP contribution >= 0.6 is 34.7 Å². The molecular weight excluding hydrogens is 488 g/mol. The summed E-state index contributed by atoms with van der Waals surface area (Å²) in [6, 6.07) is 9.89. The number of esters is 1. The highest BCUT2D eigenvalue weighted by Crippen LogP contribution is 2.53. The fourth-order valence-electron chi connectivity index (χ4n) is 4.21. The van der Waals surface area contributed by atoms with E-state index in [1.165, 1.54) is 15.7 Å². The molecule has 0 bridgehead atoms. The van der Waals surface area contributed by atoms with Crippen LogP contribution in [0, 0.1) is 5.92 Å². The van der Waals surface area contributed by atoms with E-state index in [-0.39, 0.29) is 29.8 Å². The molecule has 11 heteroatoms. The topological polar surface area (TPSA) is 98.8 Å². The number of furan rings is 1. The van der Waals surface area contributed by atoms with Crippen molar-refractivity contribution in [2.24, 2.45) is 5.92 Å². The summed E-state index contributed by atoms with van der Waals surface area (Å²) >= 11 is 8.06. The number of imide groups is 1. The number of nitrogens with zero attached hydrogens (tertiary/aromatic N) is 2. The minimum atomic E-state index is -0.779. The van der Waals surface area contributed by atoms with Crippen LogP contribution in [0.1, 0.15) is 23.5 Å². The van der Waals surface area contributed by atoms with Crippen molar-refractivity contribution in [3.05, 3.63) is 68.0 Å². The number of thioether (sulfide) groups is 1. The van der Waals surface area contributed by atoms with Crippen LogP contribution < -0.4 is 9.77 Å². The quantitative estimate of drug-likeness (QED) is 0.387. The van der Waals surface area contributed by atoms with Crippen molar-refractivity contribution in [1.29, 1.82) is 0 Å². The number of hydrogen-bond donors (Lipinski definition) is 0. The zero-order valence-corrected chi connectivity index (χ0v) is 19.6. The van der Waals surface area contributed by atoms with Gasteiger partial charge in [0.05, 0.1) is 40.3 Å². The second-order valence-corrected chi connectivity index (χ2v) is 10.0. The Kier molecular flexibility index (Phi) is 5.67. The molecule has 5 rings (SSSR count). The third-order valence-electron chi connectivity index (χ3n) is 5.58. The van der Waals surface area contributed by atoms with Gasteiger partial charge in [-0.25, -0.2) is 4.90 Å². The molecule has 1 saturated heterocycles. The first-order chi connectivity index (χ1) is 15.9. The number of amides is 2. The summed E-state index contributed by atoms with van der Waals surface area (Å²) in [6.07, 6.45) is 1.49. The molecule has 2 unspecified atom stereocenters. The van der Waals surface area contributed by atoms with Gasteiger partial charge in [-0.2, -0.15) is 0 Å². The lowest BCUT2D eigenvalue weighted by molar-refractivity contribution is -0.144.